The number of oxime groups is 1. The van der Waals surface area contributed by atoms with Crippen molar-refractivity contribution in [1.29, 1.82) is 0 Å². The van der Waals surface area contributed by atoms with Crippen LogP contribution in [0.15, 0.2) is 103 Å². The van der Waals surface area contributed by atoms with E-state index in [-0.39, 0.29) is 50.6 Å². The van der Waals surface area contributed by atoms with Crippen LogP contribution >= 0.6 is 0 Å². The van der Waals surface area contributed by atoms with E-state index in [0.717, 1.165) is 72.6 Å². The van der Waals surface area contributed by atoms with Gasteiger partial charge in [-0.25, -0.2) is 4.79 Å². The van der Waals surface area contributed by atoms with Crippen LogP contribution in [-0.4, -0.2) is 85.1 Å². The molecule has 0 aromatic heterocycles. The summed E-state index contributed by atoms with van der Waals surface area (Å²) in [6, 6.07) is 19.6. The van der Waals surface area contributed by atoms with Crippen LogP contribution in [0.1, 0.15) is 82.1 Å². The van der Waals surface area contributed by atoms with Gasteiger partial charge >= 0.3 is 6.09 Å². The van der Waals surface area contributed by atoms with Gasteiger partial charge in [0, 0.05) is 44.6 Å². The van der Waals surface area contributed by atoms with Crippen LogP contribution in [0, 0.1) is 17.8 Å². The van der Waals surface area contributed by atoms with Gasteiger partial charge in [0.2, 0.25) is 12.1 Å². The first-order chi connectivity index (χ1) is 28.9. The van der Waals surface area contributed by atoms with Gasteiger partial charge < -0.3 is 43.6 Å². The fraction of sp³-hybridized carbons (Fsp3) is 0.500. The lowest BCUT2D eigenvalue weighted by Crippen LogP contribution is -2.69. The molecule has 11 heteroatoms. The minimum Gasteiger partial charge on any atom is -0.459 e. The average Bonchev–Trinajstić information content (AvgIpc) is 3.26. The van der Waals surface area contributed by atoms with Crippen LogP contribution in [0.5, 0.6) is 17.2 Å². The molecule has 1 unspecified atom stereocenters. The molecule has 2 aliphatic heterocycles. The standard InChI is InChI=1S/C48H60N2O9/c1-4-6-27-55-47(53)50(3)43-32-41(49-59-44-19-11-14-28-54-44)39-30-35(17-9-12-24-51)38(18-10-13-25-52)45-40-31-37(57-36-21-20-33-15-7-8-16-34(33)29-36)22-23-42(40)58-48(43,46(39)45)56-26-5-2/h4-5,7-8,15-16,20-23,29-31,35,38,43-46,51-52H,1-2,6,9-14,17-19,24-28,32H2,3H3/t35-,38+,43-,44?,45+,46+,48+/m0/s1. The molecule has 0 bridgehead atoms. The van der Waals surface area contributed by atoms with E-state index in [4.69, 9.17) is 33.7 Å². The summed E-state index contributed by atoms with van der Waals surface area (Å²) in [5.41, 5.74) is 2.64. The molecule has 0 spiro atoms. The highest BCUT2D eigenvalue weighted by atomic mass is 16.8. The van der Waals surface area contributed by atoms with Crippen molar-refractivity contribution in [2.45, 2.75) is 94.7 Å². The largest absolute Gasteiger partial charge is 0.459 e. The smallest absolute Gasteiger partial charge is 0.409 e. The maximum Gasteiger partial charge on any atom is 0.409 e. The zero-order valence-corrected chi connectivity index (χ0v) is 34.3. The highest BCUT2D eigenvalue weighted by Gasteiger charge is 2.65. The Morgan fingerprint density at radius 3 is 2.51 bits per heavy atom. The van der Waals surface area contributed by atoms with E-state index in [1.807, 2.05) is 36.4 Å². The fourth-order valence-electron chi connectivity index (χ4n) is 9.53. The van der Waals surface area contributed by atoms with Crippen LogP contribution in [-0.2, 0) is 19.0 Å². The number of allylic oxidation sites excluding steroid dienone is 1. The Bertz CT molecular complexity index is 1970. The van der Waals surface area contributed by atoms with Gasteiger partial charge in [-0.2, -0.15) is 0 Å². The Morgan fingerprint density at radius 2 is 1.75 bits per heavy atom. The van der Waals surface area contributed by atoms with E-state index in [2.05, 4.69) is 43.5 Å². The quantitative estimate of drug-likeness (QED) is 0.0692. The first-order valence-corrected chi connectivity index (χ1v) is 21.4. The third-order valence-electron chi connectivity index (χ3n) is 12.3. The number of carbonyl (C=O) groups excluding carboxylic acids is 1. The summed E-state index contributed by atoms with van der Waals surface area (Å²) in [4.78, 5) is 21.7. The van der Waals surface area contributed by atoms with E-state index >= 15 is 0 Å². The molecule has 2 fully saturated rings. The Morgan fingerprint density at radius 1 is 0.966 bits per heavy atom. The molecule has 1 amide bonds. The number of fused-ring (bicyclic) bond motifs is 3. The molecular formula is C48H60N2O9. The summed E-state index contributed by atoms with van der Waals surface area (Å²) < 4.78 is 32.6. The third kappa shape index (κ3) is 9.39. The molecule has 2 aliphatic carbocycles. The molecule has 3 aromatic rings. The number of hydrogen-bond donors (Lipinski definition) is 2. The second-order valence-electron chi connectivity index (χ2n) is 16.1. The van der Waals surface area contributed by atoms with Gasteiger partial charge in [0.05, 0.1) is 31.5 Å². The normalized spacial score (nSPS) is 26.5. The van der Waals surface area contributed by atoms with Crippen molar-refractivity contribution >= 4 is 22.6 Å². The monoisotopic (exact) mass is 808 g/mol. The summed E-state index contributed by atoms with van der Waals surface area (Å²) >= 11 is 0. The number of amides is 1. The lowest BCUT2D eigenvalue weighted by molar-refractivity contribution is -0.254. The van der Waals surface area contributed by atoms with Gasteiger partial charge in [-0.1, -0.05) is 66.6 Å². The van der Waals surface area contributed by atoms with Gasteiger partial charge in [0.1, 0.15) is 23.3 Å². The number of nitrogens with zero attached hydrogens (tertiary/aromatic N) is 2. The number of aliphatic hydroxyl groups excluding tert-OH is 2. The lowest BCUT2D eigenvalue weighted by Gasteiger charge is -2.59. The highest BCUT2D eigenvalue weighted by molar-refractivity contribution is 6.03. The SMILES string of the molecule is C=CCCOC(=O)N(C)[C@H]1CC(=NOC2CCCCO2)C2=C[C@H](CCCCO)[C@@H](CCCCO)[C@@H]3c4cc(Oc5ccc6ccccc6c5)ccc4O[C@@]1(OCC=C)[C@H]23. The molecule has 1 saturated heterocycles. The predicted molar refractivity (Wildman–Crippen MR) is 228 cm³/mol. The minimum atomic E-state index is -1.38. The average molecular weight is 809 g/mol. The van der Waals surface area contributed by atoms with E-state index in [9.17, 15) is 15.0 Å². The topological polar surface area (TPSA) is 129 Å². The number of rotatable bonds is 19. The Labute approximate surface area is 348 Å². The van der Waals surface area contributed by atoms with Gasteiger partial charge in [0.25, 0.3) is 0 Å². The summed E-state index contributed by atoms with van der Waals surface area (Å²) in [7, 11) is 1.73. The summed E-state index contributed by atoms with van der Waals surface area (Å²) in [6.07, 6.45) is 13.0. The van der Waals surface area contributed by atoms with Crippen molar-refractivity contribution in [3.8, 4) is 17.2 Å². The lowest BCUT2D eigenvalue weighted by atomic mass is 9.55. The zero-order chi connectivity index (χ0) is 41.2. The Kier molecular flexibility index (Phi) is 14.4. The molecular weight excluding hydrogens is 749 g/mol. The van der Waals surface area contributed by atoms with Crippen molar-refractivity contribution in [3.63, 3.8) is 0 Å². The number of unbranched alkanes of at least 4 members (excludes halogenated alkanes) is 2. The number of aliphatic hydroxyl groups is 2. The van der Waals surface area contributed by atoms with Gasteiger partial charge in [-0.05, 0) is 103 Å². The van der Waals surface area contributed by atoms with Gasteiger partial charge in [0.15, 0.2) is 0 Å². The van der Waals surface area contributed by atoms with Crippen LogP contribution in [0.3, 0.4) is 0 Å². The highest BCUT2D eigenvalue weighted by Crippen LogP contribution is 2.62. The van der Waals surface area contributed by atoms with Crippen molar-refractivity contribution < 1.29 is 43.5 Å². The zero-order valence-electron chi connectivity index (χ0n) is 34.3. The fourth-order valence-corrected chi connectivity index (χ4v) is 9.53. The van der Waals surface area contributed by atoms with Crippen LogP contribution < -0.4 is 9.47 Å². The molecule has 2 heterocycles. The molecule has 316 valence electrons. The molecule has 1 saturated carbocycles. The van der Waals surface area contributed by atoms with Crippen LogP contribution in [0.2, 0.25) is 0 Å². The Balaban J connectivity index is 1.39. The minimum absolute atomic E-state index is 0.0757. The molecule has 4 aliphatic rings. The van der Waals surface area contributed by atoms with E-state index in [1.165, 1.54) is 0 Å². The third-order valence-corrected chi connectivity index (χ3v) is 12.3. The van der Waals surface area contributed by atoms with Gasteiger partial charge in [-0.15, -0.1) is 13.2 Å². The number of hydrogen-bond acceptors (Lipinski definition) is 10. The molecule has 2 N–H and O–H groups in total. The predicted octanol–water partition coefficient (Wildman–Crippen LogP) is 9.44. The first-order valence-electron chi connectivity index (χ1n) is 21.4. The molecule has 7 atom stereocenters. The molecule has 7 rings (SSSR count). The van der Waals surface area contributed by atoms with E-state index in [0.29, 0.717) is 43.1 Å². The molecule has 11 nitrogen and oxygen atoms in total. The Hall–Kier alpha value is -4.68. The summed E-state index contributed by atoms with van der Waals surface area (Å²) in [6.45, 7) is 8.98. The number of carbonyl (C=O) groups is 1. The molecule has 3 aromatic carbocycles. The molecule has 0 radical (unpaired) electrons. The second kappa shape index (κ2) is 20.1. The van der Waals surface area contributed by atoms with Crippen molar-refractivity contribution in [3.05, 3.63) is 103 Å². The van der Waals surface area contributed by atoms with Crippen molar-refractivity contribution in [1.82, 2.24) is 4.90 Å². The van der Waals surface area contributed by atoms with E-state index in [1.54, 1.807) is 24.1 Å². The number of ether oxygens (including phenoxy) is 5. The first kappa shape index (κ1) is 42.4. The van der Waals surface area contributed by atoms with Gasteiger partial charge in [-0.3, -0.25) is 0 Å². The second-order valence-corrected chi connectivity index (χ2v) is 16.1. The van der Waals surface area contributed by atoms with E-state index < -0.39 is 30.1 Å². The number of benzene rings is 3. The van der Waals surface area contributed by atoms with Crippen molar-refractivity contribution in [2.75, 3.05) is 40.1 Å². The summed E-state index contributed by atoms with van der Waals surface area (Å²) in [5, 5.41) is 26.9. The number of likely N-dealkylation sites (N-methyl/N-ethyl adjacent to an activating group) is 1. The van der Waals surface area contributed by atoms with Crippen LogP contribution in [0.25, 0.3) is 10.8 Å². The maximum atomic E-state index is 13.9. The van der Waals surface area contributed by atoms with Crippen molar-refractivity contribution in [2.24, 2.45) is 22.9 Å². The maximum absolute atomic E-state index is 13.9. The summed E-state index contributed by atoms with van der Waals surface area (Å²) in [5.74, 6) is 0.198. The van der Waals surface area contributed by atoms with Crippen LogP contribution in [0.4, 0.5) is 4.79 Å². The molecule has 59 heavy (non-hydrogen) atoms.